The minimum atomic E-state index is -0.226. The lowest BCUT2D eigenvalue weighted by Gasteiger charge is -2.14. The first-order chi connectivity index (χ1) is 11.1. The molecule has 0 saturated carbocycles. The van der Waals surface area contributed by atoms with Crippen LogP contribution in [0.2, 0.25) is 0 Å². The molecule has 1 aromatic carbocycles. The lowest BCUT2D eigenvalue weighted by Crippen LogP contribution is -2.22. The number of hydrogen-bond acceptors (Lipinski definition) is 4. The fourth-order valence-electron chi connectivity index (χ4n) is 2.43. The molecule has 0 saturated heterocycles. The Morgan fingerprint density at radius 1 is 1.39 bits per heavy atom. The largest absolute Gasteiger partial charge is 0.305 e. The Kier molecular flexibility index (Phi) is 3.96. The van der Waals surface area contributed by atoms with Gasteiger partial charge in [-0.05, 0) is 19.4 Å². The predicted octanol–water partition coefficient (Wildman–Crippen LogP) is 2.05. The van der Waals surface area contributed by atoms with E-state index < -0.39 is 0 Å². The predicted molar refractivity (Wildman–Crippen MR) is 87.0 cm³/mol. The third-order valence-electron chi connectivity index (χ3n) is 3.84. The maximum atomic E-state index is 12.0. The van der Waals surface area contributed by atoms with Gasteiger partial charge in [0.25, 0.3) is 5.56 Å². The Hall–Kier alpha value is -2.91. The molecule has 116 valence electrons. The Morgan fingerprint density at radius 3 is 2.83 bits per heavy atom. The standard InChI is InChI=1S/C17H17N5O/c1-11-3-5-13(6-4-11)12(2)19-10-15-7-16(23)22-17(21-15)14(8-18)9-20-22/h3-7,9,12,19-20H,10H2,1-2H3. The summed E-state index contributed by atoms with van der Waals surface area (Å²) in [6, 6.07) is 11.9. The molecular formula is C17H17N5O. The summed E-state index contributed by atoms with van der Waals surface area (Å²) in [4.78, 5) is 16.4. The van der Waals surface area contributed by atoms with Crippen LogP contribution in [-0.4, -0.2) is 14.6 Å². The maximum absolute atomic E-state index is 12.0. The summed E-state index contributed by atoms with van der Waals surface area (Å²) in [6.07, 6.45) is 1.48. The van der Waals surface area contributed by atoms with E-state index in [1.165, 1.54) is 27.9 Å². The van der Waals surface area contributed by atoms with Gasteiger partial charge in [-0.2, -0.15) is 5.26 Å². The van der Waals surface area contributed by atoms with Crippen molar-refractivity contribution in [2.45, 2.75) is 26.4 Å². The van der Waals surface area contributed by atoms with Gasteiger partial charge in [-0.15, -0.1) is 0 Å². The van der Waals surface area contributed by atoms with E-state index in [1.807, 2.05) is 6.07 Å². The first kappa shape index (κ1) is 15.0. The molecule has 2 heterocycles. The third kappa shape index (κ3) is 3.00. The van der Waals surface area contributed by atoms with E-state index in [1.54, 1.807) is 0 Å². The minimum Gasteiger partial charge on any atom is -0.305 e. The molecule has 2 aromatic heterocycles. The molecular weight excluding hydrogens is 290 g/mol. The topological polar surface area (TPSA) is 86.0 Å². The van der Waals surface area contributed by atoms with Gasteiger partial charge in [0, 0.05) is 24.8 Å². The summed E-state index contributed by atoms with van der Waals surface area (Å²) in [6.45, 7) is 4.57. The molecule has 6 nitrogen and oxygen atoms in total. The van der Waals surface area contributed by atoms with Crippen LogP contribution in [0.15, 0.2) is 41.3 Å². The van der Waals surface area contributed by atoms with Crippen molar-refractivity contribution in [2.75, 3.05) is 0 Å². The number of fused-ring (bicyclic) bond motifs is 1. The van der Waals surface area contributed by atoms with Crippen molar-refractivity contribution >= 4 is 5.65 Å². The van der Waals surface area contributed by atoms with E-state index in [0.29, 0.717) is 23.4 Å². The Balaban J connectivity index is 1.80. The molecule has 0 fully saturated rings. The monoisotopic (exact) mass is 307 g/mol. The fraction of sp³-hybridized carbons (Fsp3) is 0.235. The molecule has 0 radical (unpaired) electrons. The van der Waals surface area contributed by atoms with Gasteiger partial charge in [-0.1, -0.05) is 29.8 Å². The number of hydrogen-bond donors (Lipinski definition) is 2. The van der Waals surface area contributed by atoms with Gasteiger partial charge in [0.2, 0.25) is 0 Å². The van der Waals surface area contributed by atoms with E-state index in [9.17, 15) is 4.79 Å². The van der Waals surface area contributed by atoms with Crippen molar-refractivity contribution in [3.63, 3.8) is 0 Å². The second kappa shape index (κ2) is 6.07. The van der Waals surface area contributed by atoms with E-state index in [2.05, 4.69) is 53.5 Å². The number of nitriles is 1. The van der Waals surface area contributed by atoms with Crippen LogP contribution in [-0.2, 0) is 6.54 Å². The van der Waals surface area contributed by atoms with E-state index in [0.717, 1.165) is 0 Å². The van der Waals surface area contributed by atoms with Crippen LogP contribution in [0.1, 0.15) is 35.3 Å². The minimum absolute atomic E-state index is 0.137. The van der Waals surface area contributed by atoms with E-state index in [-0.39, 0.29) is 11.6 Å². The van der Waals surface area contributed by atoms with Crippen LogP contribution in [0.25, 0.3) is 5.65 Å². The molecule has 0 bridgehead atoms. The number of benzene rings is 1. The zero-order valence-electron chi connectivity index (χ0n) is 13.0. The average Bonchev–Trinajstić information content (AvgIpc) is 2.97. The normalized spacial score (nSPS) is 12.2. The van der Waals surface area contributed by atoms with Crippen LogP contribution < -0.4 is 10.9 Å². The Labute approximate surface area is 133 Å². The van der Waals surface area contributed by atoms with Crippen LogP contribution in [0.4, 0.5) is 0 Å². The first-order valence-corrected chi connectivity index (χ1v) is 7.38. The SMILES string of the molecule is Cc1ccc(C(C)NCc2cc(=O)n3[nH]cc(C#N)c3n2)cc1. The summed E-state index contributed by atoms with van der Waals surface area (Å²) in [5, 5.41) is 15.1. The van der Waals surface area contributed by atoms with Crippen molar-refractivity contribution in [3.05, 3.63) is 69.3 Å². The molecule has 0 spiro atoms. The number of H-pyrrole nitrogens is 1. The summed E-state index contributed by atoms with van der Waals surface area (Å²) in [5.74, 6) is 0. The Bertz CT molecular complexity index is 930. The molecule has 0 amide bonds. The number of aromatic nitrogens is 3. The van der Waals surface area contributed by atoms with Gasteiger partial charge in [-0.3, -0.25) is 9.89 Å². The summed E-state index contributed by atoms with van der Waals surface area (Å²) in [5.41, 5.74) is 3.50. The van der Waals surface area contributed by atoms with Crippen molar-refractivity contribution in [2.24, 2.45) is 0 Å². The van der Waals surface area contributed by atoms with Crippen molar-refractivity contribution in [1.29, 1.82) is 5.26 Å². The molecule has 0 aliphatic heterocycles. The zero-order valence-corrected chi connectivity index (χ0v) is 13.0. The van der Waals surface area contributed by atoms with Crippen molar-refractivity contribution < 1.29 is 0 Å². The highest BCUT2D eigenvalue weighted by Gasteiger charge is 2.10. The van der Waals surface area contributed by atoms with Gasteiger partial charge in [-0.25, -0.2) is 9.50 Å². The number of nitrogens with zero attached hydrogens (tertiary/aromatic N) is 3. The molecule has 1 unspecified atom stereocenters. The lowest BCUT2D eigenvalue weighted by molar-refractivity contribution is 0.567. The molecule has 23 heavy (non-hydrogen) atoms. The maximum Gasteiger partial charge on any atom is 0.272 e. The second-order valence-electron chi connectivity index (χ2n) is 5.56. The van der Waals surface area contributed by atoms with E-state index >= 15 is 0 Å². The molecule has 0 aliphatic carbocycles. The highest BCUT2D eigenvalue weighted by Crippen LogP contribution is 2.13. The van der Waals surface area contributed by atoms with Crippen LogP contribution in [0, 0.1) is 18.3 Å². The molecule has 0 aliphatic rings. The number of nitrogens with one attached hydrogen (secondary N) is 2. The number of aromatic amines is 1. The zero-order chi connectivity index (χ0) is 16.4. The second-order valence-corrected chi connectivity index (χ2v) is 5.56. The van der Waals surface area contributed by atoms with Gasteiger partial charge < -0.3 is 5.32 Å². The fourth-order valence-corrected chi connectivity index (χ4v) is 2.43. The quantitative estimate of drug-likeness (QED) is 0.772. The van der Waals surface area contributed by atoms with Crippen molar-refractivity contribution in [1.82, 2.24) is 19.9 Å². The van der Waals surface area contributed by atoms with Crippen LogP contribution in [0.3, 0.4) is 0 Å². The smallest absolute Gasteiger partial charge is 0.272 e. The highest BCUT2D eigenvalue weighted by atomic mass is 16.1. The number of aryl methyl sites for hydroxylation is 1. The molecule has 1 atom stereocenters. The molecule has 3 rings (SSSR count). The van der Waals surface area contributed by atoms with Gasteiger partial charge in [0.05, 0.1) is 5.69 Å². The summed E-state index contributed by atoms with van der Waals surface area (Å²) < 4.78 is 1.27. The summed E-state index contributed by atoms with van der Waals surface area (Å²) in [7, 11) is 0. The van der Waals surface area contributed by atoms with Gasteiger partial charge in [0.1, 0.15) is 11.6 Å². The molecule has 6 heteroatoms. The van der Waals surface area contributed by atoms with Crippen LogP contribution in [0.5, 0.6) is 0 Å². The average molecular weight is 307 g/mol. The highest BCUT2D eigenvalue weighted by molar-refractivity contribution is 5.53. The van der Waals surface area contributed by atoms with Gasteiger partial charge in [0.15, 0.2) is 5.65 Å². The van der Waals surface area contributed by atoms with E-state index in [4.69, 9.17) is 5.26 Å². The van der Waals surface area contributed by atoms with Crippen LogP contribution >= 0.6 is 0 Å². The van der Waals surface area contributed by atoms with Crippen molar-refractivity contribution in [3.8, 4) is 6.07 Å². The Morgan fingerprint density at radius 2 is 2.13 bits per heavy atom. The first-order valence-electron chi connectivity index (χ1n) is 7.38. The molecule has 2 N–H and O–H groups in total. The van der Waals surface area contributed by atoms with Gasteiger partial charge >= 0.3 is 0 Å². The molecule has 3 aromatic rings. The lowest BCUT2D eigenvalue weighted by atomic mass is 10.1. The third-order valence-corrected chi connectivity index (χ3v) is 3.84. The summed E-state index contributed by atoms with van der Waals surface area (Å²) >= 11 is 0. The number of rotatable bonds is 4.